The fourth-order valence-electron chi connectivity index (χ4n) is 0.935. The van der Waals surface area contributed by atoms with Crippen LogP contribution in [0.2, 0.25) is 0 Å². The van der Waals surface area contributed by atoms with Crippen LogP contribution in [0.15, 0.2) is 0 Å². The van der Waals surface area contributed by atoms with Crippen molar-refractivity contribution in [2.45, 2.75) is 27.2 Å². The summed E-state index contributed by atoms with van der Waals surface area (Å²) in [4.78, 5) is 11.1. The molecule has 0 aromatic carbocycles. The summed E-state index contributed by atoms with van der Waals surface area (Å²) in [5.74, 6) is -0.533. The Balaban J connectivity index is 4.10. The Morgan fingerprint density at radius 3 is 1.92 bits per heavy atom. The van der Waals surface area contributed by atoms with Gasteiger partial charge in [0.05, 0.1) is 0 Å². The van der Waals surface area contributed by atoms with Crippen molar-refractivity contribution in [2.24, 2.45) is 5.41 Å². The Morgan fingerprint density at radius 2 is 1.67 bits per heavy atom. The summed E-state index contributed by atoms with van der Waals surface area (Å²) in [6.07, 6.45) is 1.40. The van der Waals surface area contributed by atoms with E-state index >= 15 is 0 Å². The first kappa shape index (κ1) is 11.6. The first-order valence-electron chi connectivity index (χ1n) is 3.80. The Hall–Kier alpha value is -0.380. The van der Waals surface area contributed by atoms with Gasteiger partial charge in [-0.1, -0.05) is 20.8 Å². The highest BCUT2D eigenvalue weighted by Crippen LogP contribution is 2.18. The van der Waals surface area contributed by atoms with Crippen molar-refractivity contribution >= 4 is 15.6 Å². The highest BCUT2D eigenvalue weighted by molar-refractivity contribution is 7.91. The van der Waals surface area contributed by atoms with Gasteiger partial charge in [0.15, 0.2) is 9.84 Å². The zero-order valence-corrected chi connectivity index (χ0v) is 8.86. The Morgan fingerprint density at radius 1 is 1.25 bits per heavy atom. The molecule has 0 atom stereocenters. The third-order valence-electron chi connectivity index (χ3n) is 1.15. The van der Waals surface area contributed by atoms with E-state index < -0.39 is 9.84 Å². The summed E-state index contributed by atoms with van der Waals surface area (Å²) in [7, 11) is -3.15. The number of carbonyl (C=O) groups is 1. The third-order valence-corrected chi connectivity index (χ3v) is 2.00. The molecule has 0 aromatic rings. The molecular weight excluding hydrogens is 176 g/mol. The molecule has 12 heavy (non-hydrogen) atoms. The second-order valence-electron chi connectivity index (χ2n) is 4.35. The average Bonchev–Trinajstić information content (AvgIpc) is 1.49. The second kappa shape index (κ2) is 3.56. The van der Waals surface area contributed by atoms with Crippen molar-refractivity contribution in [1.82, 2.24) is 0 Å². The van der Waals surface area contributed by atoms with Gasteiger partial charge in [0.2, 0.25) is 0 Å². The molecule has 0 saturated carbocycles. The van der Waals surface area contributed by atoms with Gasteiger partial charge in [0.25, 0.3) is 0 Å². The average molecular weight is 192 g/mol. The molecule has 0 spiro atoms. The Bertz CT molecular complexity index is 257. The predicted molar refractivity (Wildman–Crippen MR) is 48.8 cm³/mol. The molecule has 3 nitrogen and oxygen atoms in total. The molecule has 0 aliphatic rings. The van der Waals surface area contributed by atoms with Gasteiger partial charge in [-0.05, 0) is 5.41 Å². The van der Waals surface area contributed by atoms with E-state index in [1.165, 1.54) is 0 Å². The molecule has 0 bridgehead atoms. The van der Waals surface area contributed by atoms with Crippen molar-refractivity contribution in [3.05, 3.63) is 0 Å². The van der Waals surface area contributed by atoms with Gasteiger partial charge in [0.1, 0.15) is 11.5 Å². The van der Waals surface area contributed by atoms with Crippen molar-refractivity contribution in [2.75, 3.05) is 12.0 Å². The van der Waals surface area contributed by atoms with Crippen LogP contribution >= 0.6 is 0 Å². The molecule has 4 heteroatoms. The standard InChI is InChI=1S/C8H16O3S/c1-8(2,3)5-7(9)6-12(4,10)11/h5-6H2,1-4H3. The second-order valence-corrected chi connectivity index (χ2v) is 6.49. The zero-order valence-electron chi connectivity index (χ0n) is 8.05. The van der Waals surface area contributed by atoms with Crippen molar-refractivity contribution in [3.8, 4) is 0 Å². The van der Waals surface area contributed by atoms with Crippen molar-refractivity contribution in [3.63, 3.8) is 0 Å². The van der Waals surface area contributed by atoms with E-state index in [2.05, 4.69) is 0 Å². The predicted octanol–water partition coefficient (Wildman–Crippen LogP) is 1.04. The molecule has 0 radical (unpaired) electrons. The Kier molecular flexibility index (Phi) is 3.45. The van der Waals surface area contributed by atoms with Crippen molar-refractivity contribution < 1.29 is 13.2 Å². The smallest absolute Gasteiger partial charge is 0.154 e. The molecule has 0 heterocycles. The molecule has 0 aliphatic carbocycles. The molecule has 0 unspecified atom stereocenters. The fraction of sp³-hybridized carbons (Fsp3) is 0.875. The number of sulfone groups is 1. The van der Waals surface area contributed by atoms with Crippen LogP contribution in [0.5, 0.6) is 0 Å². The maximum absolute atomic E-state index is 11.1. The topological polar surface area (TPSA) is 51.2 Å². The van der Waals surface area contributed by atoms with Gasteiger partial charge in [-0.15, -0.1) is 0 Å². The number of hydrogen-bond acceptors (Lipinski definition) is 3. The molecule has 0 rings (SSSR count). The van der Waals surface area contributed by atoms with E-state index in [0.717, 1.165) is 6.26 Å². The highest BCUT2D eigenvalue weighted by atomic mass is 32.2. The van der Waals surface area contributed by atoms with Crippen LogP contribution in [0.4, 0.5) is 0 Å². The van der Waals surface area contributed by atoms with E-state index in [0.29, 0.717) is 6.42 Å². The maximum Gasteiger partial charge on any atom is 0.154 e. The van der Waals surface area contributed by atoms with E-state index in [4.69, 9.17) is 0 Å². The molecule has 0 N–H and O–H groups in total. The van der Waals surface area contributed by atoms with Crippen LogP contribution in [0.25, 0.3) is 0 Å². The molecular formula is C8H16O3S. The van der Waals surface area contributed by atoms with Crippen molar-refractivity contribution in [1.29, 1.82) is 0 Å². The fourth-order valence-corrected chi connectivity index (χ4v) is 1.62. The quantitative estimate of drug-likeness (QED) is 0.671. The molecule has 0 aromatic heterocycles. The minimum atomic E-state index is -3.15. The first-order chi connectivity index (χ1) is 5.10. The van der Waals surface area contributed by atoms with Gasteiger partial charge in [-0.3, -0.25) is 4.79 Å². The number of rotatable bonds is 3. The molecule has 0 saturated heterocycles. The van der Waals surface area contributed by atoms with E-state index in [-0.39, 0.29) is 17.0 Å². The number of hydrogen-bond donors (Lipinski definition) is 0. The zero-order chi connectivity index (χ0) is 9.99. The number of Topliss-reactive ketones (excluding diaryl/α,β-unsaturated/α-hetero) is 1. The normalized spacial score (nSPS) is 13.0. The van der Waals surface area contributed by atoms with Gasteiger partial charge >= 0.3 is 0 Å². The molecule has 0 amide bonds. The van der Waals surface area contributed by atoms with Gasteiger partial charge in [-0.2, -0.15) is 0 Å². The minimum absolute atomic E-state index is 0.123. The van der Waals surface area contributed by atoms with E-state index in [1.54, 1.807) is 0 Å². The van der Waals surface area contributed by atoms with Crippen LogP contribution in [-0.4, -0.2) is 26.2 Å². The van der Waals surface area contributed by atoms with Gasteiger partial charge < -0.3 is 0 Å². The van der Waals surface area contributed by atoms with Gasteiger partial charge in [0, 0.05) is 12.7 Å². The summed E-state index contributed by atoms with van der Waals surface area (Å²) in [6.45, 7) is 5.73. The van der Waals surface area contributed by atoms with Crippen LogP contribution in [-0.2, 0) is 14.6 Å². The minimum Gasteiger partial charge on any atom is -0.299 e. The van der Waals surface area contributed by atoms with Crippen LogP contribution < -0.4 is 0 Å². The van der Waals surface area contributed by atoms with Gasteiger partial charge in [-0.25, -0.2) is 8.42 Å². The summed E-state index contributed by atoms with van der Waals surface area (Å²) < 4.78 is 21.4. The first-order valence-corrected chi connectivity index (χ1v) is 5.86. The number of carbonyl (C=O) groups excluding carboxylic acids is 1. The molecule has 72 valence electrons. The van der Waals surface area contributed by atoms with E-state index in [9.17, 15) is 13.2 Å². The number of ketones is 1. The largest absolute Gasteiger partial charge is 0.299 e. The maximum atomic E-state index is 11.1. The summed E-state index contributed by atoms with van der Waals surface area (Å²) in [5.41, 5.74) is -0.123. The SMILES string of the molecule is CC(C)(C)CC(=O)CS(C)(=O)=O. The molecule has 0 fully saturated rings. The summed E-state index contributed by atoms with van der Waals surface area (Å²) in [6, 6.07) is 0. The lowest BCUT2D eigenvalue weighted by Crippen LogP contribution is -2.20. The molecule has 0 aliphatic heterocycles. The van der Waals surface area contributed by atoms with E-state index in [1.807, 2.05) is 20.8 Å². The summed E-state index contributed by atoms with van der Waals surface area (Å²) in [5, 5.41) is 0. The van der Waals surface area contributed by atoms with Crippen LogP contribution in [0.1, 0.15) is 27.2 Å². The monoisotopic (exact) mass is 192 g/mol. The van der Waals surface area contributed by atoms with Crippen LogP contribution in [0.3, 0.4) is 0 Å². The Labute approximate surface area is 74.1 Å². The lowest BCUT2D eigenvalue weighted by atomic mass is 9.90. The van der Waals surface area contributed by atoms with Crippen LogP contribution in [0, 0.1) is 5.41 Å². The highest BCUT2D eigenvalue weighted by Gasteiger charge is 2.18. The summed E-state index contributed by atoms with van der Waals surface area (Å²) >= 11 is 0. The third kappa shape index (κ3) is 7.72. The lowest BCUT2D eigenvalue weighted by Gasteiger charge is -2.15. The lowest BCUT2D eigenvalue weighted by molar-refractivity contribution is -0.118.